The van der Waals surface area contributed by atoms with E-state index in [-0.39, 0.29) is 18.0 Å². The van der Waals surface area contributed by atoms with Crippen molar-refractivity contribution in [1.29, 1.82) is 0 Å². The fourth-order valence-corrected chi connectivity index (χ4v) is 4.13. The van der Waals surface area contributed by atoms with Crippen molar-refractivity contribution in [3.05, 3.63) is 72.3 Å². The maximum atomic E-state index is 12.9. The lowest BCUT2D eigenvalue weighted by Gasteiger charge is -2.20. The number of ether oxygens (including phenoxy) is 1. The highest BCUT2D eigenvalue weighted by Crippen LogP contribution is 2.28. The molecule has 1 aromatic heterocycles. The van der Waals surface area contributed by atoms with E-state index in [0.29, 0.717) is 12.4 Å². The zero-order valence-electron chi connectivity index (χ0n) is 18.0. The zero-order chi connectivity index (χ0) is 21.6. The lowest BCUT2D eigenvalue weighted by atomic mass is 9.94. The van der Waals surface area contributed by atoms with Gasteiger partial charge in [0, 0.05) is 51.3 Å². The van der Waals surface area contributed by atoms with Crippen molar-refractivity contribution in [1.82, 2.24) is 20.0 Å². The number of nitrogens with zero attached hydrogens (tertiary/aromatic N) is 3. The fraction of sp³-hybridized carbons (Fsp3) is 0.333. The molecule has 2 aromatic carbocycles. The third-order valence-corrected chi connectivity index (χ3v) is 5.74. The average Bonchev–Trinajstić information content (AvgIpc) is 3.36. The molecule has 2 heterocycles. The molecular weight excluding hydrogens is 390 g/mol. The Morgan fingerprint density at radius 2 is 1.81 bits per heavy atom. The number of methoxy groups -OCH3 is 1. The number of carbonyl (C=O) groups excluding carboxylic acids is 1. The monoisotopic (exact) mass is 419 g/mol. The summed E-state index contributed by atoms with van der Waals surface area (Å²) < 4.78 is 6.93. The van der Waals surface area contributed by atoms with Crippen LogP contribution >= 0.6 is 0 Å². The predicted molar refractivity (Wildman–Crippen MR) is 122 cm³/mol. The molecule has 0 radical (unpaired) electrons. The molecule has 31 heavy (non-hydrogen) atoms. The first kappa shape index (κ1) is 21.1. The highest BCUT2D eigenvalue weighted by Gasteiger charge is 2.34. The normalized spacial score (nSPS) is 18.8. The summed E-state index contributed by atoms with van der Waals surface area (Å²) in [4.78, 5) is 15.2. The van der Waals surface area contributed by atoms with Gasteiger partial charge in [-0.15, -0.1) is 0 Å². The second-order valence-corrected chi connectivity index (χ2v) is 7.88. The minimum Gasteiger partial charge on any atom is -0.383 e. The molecule has 1 aliphatic rings. The highest BCUT2D eigenvalue weighted by atomic mass is 16.5. The Hall–Kier alpha value is -3.16. The largest absolute Gasteiger partial charge is 0.383 e. The number of hydrogen-bond donors (Lipinski definition) is 2. The summed E-state index contributed by atoms with van der Waals surface area (Å²) in [6, 6.07) is 22.0. The van der Waals surface area contributed by atoms with Gasteiger partial charge in [0.2, 0.25) is 0 Å². The molecule has 0 saturated carbocycles. The topological polar surface area (TPSA) is 71.4 Å². The van der Waals surface area contributed by atoms with E-state index in [1.807, 2.05) is 61.6 Å². The van der Waals surface area contributed by atoms with E-state index in [1.165, 1.54) is 5.56 Å². The number of aromatic nitrogens is 2. The van der Waals surface area contributed by atoms with Gasteiger partial charge in [-0.05, 0) is 5.56 Å². The minimum atomic E-state index is -0.220. The molecular formula is C24H29N5O2. The first-order valence-corrected chi connectivity index (χ1v) is 10.6. The van der Waals surface area contributed by atoms with Crippen LogP contribution in [0.15, 0.2) is 66.7 Å². The third kappa shape index (κ3) is 5.13. The Morgan fingerprint density at radius 3 is 2.52 bits per heavy atom. The predicted octanol–water partition coefficient (Wildman–Crippen LogP) is 3.32. The number of nitrogens with one attached hydrogen (secondary N) is 2. The molecule has 2 amide bonds. The van der Waals surface area contributed by atoms with Crippen molar-refractivity contribution < 1.29 is 9.53 Å². The number of benzene rings is 2. The molecule has 1 saturated heterocycles. The summed E-state index contributed by atoms with van der Waals surface area (Å²) in [7, 11) is 3.54. The summed E-state index contributed by atoms with van der Waals surface area (Å²) in [6.45, 7) is 3.21. The van der Waals surface area contributed by atoms with Crippen molar-refractivity contribution in [2.75, 3.05) is 38.7 Å². The lowest BCUT2D eigenvalue weighted by Crippen LogP contribution is -2.42. The van der Waals surface area contributed by atoms with Gasteiger partial charge in [-0.1, -0.05) is 60.7 Å². The zero-order valence-corrected chi connectivity index (χ0v) is 18.0. The molecule has 4 rings (SSSR count). The molecule has 3 aromatic rings. The Balaban J connectivity index is 1.44. The average molecular weight is 420 g/mol. The van der Waals surface area contributed by atoms with Gasteiger partial charge in [-0.25, -0.2) is 4.79 Å². The van der Waals surface area contributed by atoms with Crippen LogP contribution in [0.2, 0.25) is 0 Å². The molecule has 7 nitrogen and oxygen atoms in total. The number of hydrogen-bond acceptors (Lipinski definition) is 4. The van der Waals surface area contributed by atoms with Gasteiger partial charge < -0.3 is 10.1 Å². The van der Waals surface area contributed by atoms with Crippen molar-refractivity contribution in [3.63, 3.8) is 0 Å². The van der Waals surface area contributed by atoms with Crippen molar-refractivity contribution >= 4 is 11.8 Å². The second kappa shape index (κ2) is 9.76. The Bertz CT molecular complexity index is 990. The van der Waals surface area contributed by atoms with Crippen molar-refractivity contribution in [2.24, 2.45) is 7.05 Å². The number of anilines is 1. The number of aryl methyl sites for hydroxylation is 1. The molecule has 2 N–H and O–H groups in total. The molecule has 1 aliphatic heterocycles. The van der Waals surface area contributed by atoms with E-state index >= 15 is 0 Å². The molecule has 0 spiro atoms. The van der Waals surface area contributed by atoms with E-state index < -0.39 is 0 Å². The van der Waals surface area contributed by atoms with E-state index in [1.54, 1.807) is 11.8 Å². The summed E-state index contributed by atoms with van der Waals surface area (Å²) >= 11 is 0. The second-order valence-electron chi connectivity index (χ2n) is 7.88. The Kier molecular flexibility index (Phi) is 6.64. The first-order chi connectivity index (χ1) is 15.1. The number of amides is 2. The molecule has 0 unspecified atom stereocenters. The van der Waals surface area contributed by atoms with Crippen molar-refractivity contribution in [3.8, 4) is 11.3 Å². The number of carbonyl (C=O) groups is 1. The number of likely N-dealkylation sites (tertiary alicyclic amines) is 1. The van der Waals surface area contributed by atoms with Crippen LogP contribution in [-0.4, -0.2) is 60.1 Å². The standard InChI is InChI=1S/C24H29N5O2/c1-28-23(15-21(27-28)19-11-7-4-8-12-19)26-24(30)25-22-17-29(13-14-31-2)16-20(22)18-9-5-3-6-10-18/h3-12,15,20,22H,13-14,16-17H2,1-2H3,(H2,25,26,30)/t20-,22+/m1/s1. The highest BCUT2D eigenvalue weighted by molar-refractivity contribution is 5.89. The SMILES string of the molecule is COCCN1C[C@H](NC(=O)Nc2cc(-c3ccccc3)nn2C)[C@@H](c2ccccc2)C1. The fourth-order valence-electron chi connectivity index (χ4n) is 4.13. The maximum absolute atomic E-state index is 12.9. The van der Waals surface area contributed by atoms with Gasteiger partial charge in [-0.2, -0.15) is 5.10 Å². The molecule has 7 heteroatoms. The molecule has 2 atom stereocenters. The van der Waals surface area contributed by atoms with Gasteiger partial charge in [-0.3, -0.25) is 14.9 Å². The van der Waals surface area contributed by atoms with E-state index in [4.69, 9.17) is 4.74 Å². The van der Waals surface area contributed by atoms with Gasteiger partial charge in [0.1, 0.15) is 5.82 Å². The molecule has 0 bridgehead atoms. The smallest absolute Gasteiger partial charge is 0.320 e. The molecule has 0 aliphatic carbocycles. The van der Waals surface area contributed by atoms with E-state index in [0.717, 1.165) is 30.9 Å². The van der Waals surface area contributed by atoms with Crippen LogP contribution in [0.25, 0.3) is 11.3 Å². The van der Waals surface area contributed by atoms with Crippen LogP contribution in [0, 0.1) is 0 Å². The van der Waals surface area contributed by atoms with Crippen LogP contribution in [0.3, 0.4) is 0 Å². The molecule has 1 fully saturated rings. The first-order valence-electron chi connectivity index (χ1n) is 10.6. The summed E-state index contributed by atoms with van der Waals surface area (Å²) in [5.74, 6) is 0.886. The van der Waals surface area contributed by atoms with Crippen LogP contribution < -0.4 is 10.6 Å². The minimum absolute atomic E-state index is 0.0149. The van der Waals surface area contributed by atoms with Crippen LogP contribution in [-0.2, 0) is 11.8 Å². The third-order valence-electron chi connectivity index (χ3n) is 5.74. The Morgan fingerprint density at radius 1 is 1.10 bits per heavy atom. The van der Waals surface area contributed by atoms with Gasteiger partial charge in [0.05, 0.1) is 18.3 Å². The van der Waals surface area contributed by atoms with E-state index in [9.17, 15) is 4.79 Å². The van der Waals surface area contributed by atoms with Crippen LogP contribution in [0.1, 0.15) is 11.5 Å². The Labute approximate surface area is 183 Å². The van der Waals surface area contributed by atoms with Crippen LogP contribution in [0.5, 0.6) is 0 Å². The van der Waals surface area contributed by atoms with Gasteiger partial charge in [0.25, 0.3) is 0 Å². The summed E-state index contributed by atoms with van der Waals surface area (Å²) in [6.07, 6.45) is 0. The van der Waals surface area contributed by atoms with Gasteiger partial charge >= 0.3 is 6.03 Å². The number of urea groups is 1. The molecule has 162 valence electrons. The summed E-state index contributed by atoms with van der Waals surface area (Å²) in [5, 5.41) is 10.7. The maximum Gasteiger partial charge on any atom is 0.320 e. The van der Waals surface area contributed by atoms with Crippen molar-refractivity contribution in [2.45, 2.75) is 12.0 Å². The summed E-state index contributed by atoms with van der Waals surface area (Å²) in [5.41, 5.74) is 3.08. The number of rotatable bonds is 7. The van der Waals surface area contributed by atoms with Crippen LogP contribution in [0.4, 0.5) is 10.6 Å². The lowest BCUT2D eigenvalue weighted by molar-refractivity contribution is 0.159. The quantitative estimate of drug-likeness (QED) is 0.616. The van der Waals surface area contributed by atoms with Gasteiger partial charge in [0.15, 0.2) is 0 Å². The van der Waals surface area contributed by atoms with E-state index in [2.05, 4.69) is 32.8 Å².